The van der Waals surface area contributed by atoms with Crippen LogP contribution in [0.1, 0.15) is 0 Å². The highest BCUT2D eigenvalue weighted by molar-refractivity contribution is 7.89. The highest BCUT2D eigenvalue weighted by Crippen LogP contribution is 2.40. The molecule has 0 fully saturated rings. The van der Waals surface area contributed by atoms with E-state index in [0.717, 1.165) is 0 Å². The minimum atomic E-state index is -4.06. The zero-order valence-electron chi connectivity index (χ0n) is 14.5. The fourth-order valence-corrected chi connectivity index (χ4v) is 4.46. The summed E-state index contributed by atoms with van der Waals surface area (Å²) in [6.45, 7) is 0. The van der Waals surface area contributed by atoms with Gasteiger partial charge >= 0.3 is 0 Å². The van der Waals surface area contributed by atoms with E-state index >= 15 is 0 Å². The molecule has 0 aliphatic heterocycles. The molecule has 3 rings (SSSR count). The Hall–Kier alpha value is -2.92. The maximum absolute atomic E-state index is 12.1. The van der Waals surface area contributed by atoms with E-state index in [1.807, 2.05) is 0 Å². The van der Waals surface area contributed by atoms with Gasteiger partial charge in [0.15, 0.2) is 0 Å². The molecule has 0 aliphatic carbocycles. The molecule has 0 amide bonds. The number of benzene rings is 3. The van der Waals surface area contributed by atoms with Gasteiger partial charge in [-0.1, -0.05) is 36.4 Å². The second-order valence-electron chi connectivity index (χ2n) is 6.11. The molecule has 0 heterocycles. The van der Waals surface area contributed by atoms with Crippen LogP contribution in [0.5, 0.6) is 0 Å². The Bertz CT molecular complexity index is 1190. The molecule has 3 aromatic rings. The van der Waals surface area contributed by atoms with E-state index in [2.05, 4.69) is 0 Å². The van der Waals surface area contributed by atoms with Crippen molar-refractivity contribution in [3.8, 4) is 22.3 Å². The first kappa shape index (κ1) is 19.8. The van der Waals surface area contributed by atoms with Gasteiger partial charge in [0, 0.05) is 11.1 Å². The smallest absolute Gasteiger partial charge is 0.238 e. The first-order valence-electron chi connectivity index (χ1n) is 7.93. The highest BCUT2D eigenvalue weighted by Gasteiger charge is 2.22. The zero-order chi connectivity index (χ0) is 20.7. The van der Waals surface area contributed by atoms with Gasteiger partial charge in [-0.15, -0.1) is 0 Å². The molecule has 0 radical (unpaired) electrons. The average Bonchev–Trinajstić information content (AvgIpc) is 2.62. The molecule has 0 atom stereocenters. The molecule has 3 aromatic carbocycles. The fraction of sp³-hybridized carbons (Fsp3) is 0. The van der Waals surface area contributed by atoms with Gasteiger partial charge in [-0.3, -0.25) is 0 Å². The van der Waals surface area contributed by atoms with Crippen molar-refractivity contribution in [2.24, 2.45) is 10.3 Å². The van der Waals surface area contributed by atoms with E-state index in [9.17, 15) is 16.8 Å². The third-order valence-corrected chi connectivity index (χ3v) is 6.13. The van der Waals surface area contributed by atoms with Gasteiger partial charge in [0.1, 0.15) is 0 Å². The Morgan fingerprint density at radius 2 is 0.857 bits per heavy atom. The van der Waals surface area contributed by atoms with Crippen LogP contribution in [-0.4, -0.2) is 16.8 Å². The van der Waals surface area contributed by atoms with Crippen molar-refractivity contribution in [2.45, 2.75) is 9.79 Å². The Morgan fingerprint density at radius 1 is 0.536 bits per heavy atom. The van der Waals surface area contributed by atoms with Gasteiger partial charge < -0.3 is 11.5 Å². The first-order valence-corrected chi connectivity index (χ1v) is 11.0. The van der Waals surface area contributed by atoms with Gasteiger partial charge in [-0.05, 0) is 35.4 Å². The Morgan fingerprint density at radius 3 is 1.18 bits per heavy atom. The van der Waals surface area contributed by atoms with Crippen molar-refractivity contribution in [3.05, 3.63) is 60.7 Å². The maximum atomic E-state index is 12.1. The summed E-state index contributed by atoms with van der Waals surface area (Å²) in [4.78, 5) is -0.262. The quantitative estimate of drug-likeness (QED) is 0.467. The molecule has 0 bridgehead atoms. The zero-order valence-corrected chi connectivity index (χ0v) is 16.2. The minimum Gasteiger partial charge on any atom is -0.397 e. The Balaban J connectivity index is 2.45. The van der Waals surface area contributed by atoms with Crippen LogP contribution in [0.15, 0.2) is 70.5 Å². The second kappa shape index (κ2) is 6.91. The number of nitrogen functional groups attached to an aromatic ring is 2. The lowest BCUT2D eigenvalue weighted by Crippen LogP contribution is -2.14. The van der Waals surface area contributed by atoms with E-state index in [1.54, 1.807) is 24.3 Å². The molecule has 10 heteroatoms. The third-order valence-electron chi connectivity index (χ3n) is 4.19. The minimum absolute atomic E-state index is 0.131. The van der Waals surface area contributed by atoms with Gasteiger partial charge in [-0.25, -0.2) is 27.1 Å². The number of hydrogen-bond acceptors (Lipinski definition) is 6. The number of anilines is 2. The van der Waals surface area contributed by atoms with Gasteiger partial charge in [0.25, 0.3) is 0 Å². The van der Waals surface area contributed by atoms with Crippen LogP contribution in [0.3, 0.4) is 0 Å². The molecule has 0 saturated heterocycles. The third kappa shape index (κ3) is 3.71. The summed E-state index contributed by atoms with van der Waals surface area (Å²) in [5.74, 6) is 0. The molecule has 28 heavy (non-hydrogen) atoms. The molecule has 0 saturated carbocycles. The van der Waals surface area contributed by atoms with Crippen molar-refractivity contribution in [1.82, 2.24) is 0 Å². The topological polar surface area (TPSA) is 172 Å². The van der Waals surface area contributed by atoms with Crippen LogP contribution >= 0.6 is 0 Å². The summed E-state index contributed by atoms with van der Waals surface area (Å²) in [6.07, 6.45) is 0. The van der Waals surface area contributed by atoms with E-state index in [0.29, 0.717) is 11.1 Å². The monoisotopic (exact) mass is 418 g/mol. The van der Waals surface area contributed by atoms with Crippen molar-refractivity contribution in [1.29, 1.82) is 0 Å². The van der Waals surface area contributed by atoms with Gasteiger partial charge in [0.2, 0.25) is 20.0 Å². The lowest BCUT2D eigenvalue weighted by molar-refractivity contribution is 0.596. The molecule has 0 spiro atoms. The van der Waals surface area contributed by atoms with Crippen LogP contribution in [-0.2, 0) is 20.0 Å². The predicted molar refractivity (Wildman–Crippen MR) is 109 cm³/mol. The van der Waals surface area contributed by atoms with E-state index < -0.39 is 20.0 Å². The van der Waals surface area contributed by atoms with Crippen LogP contribution in [0, 0.1) is 0 Å². The Kier molecular flexibility index (Phi) is 4.90. The summed E-state index contributed by atoms with van der Waals surface area (Å²) in [6, 6.07) is 15.1. The van der Waals surface area contributed by atoms with Crippen LogP contribution < -0.4 is 21.7 Å². The number of hydrogen-bond donors (Lipinski definition) is 4. The van der Waals surface area contributed by atoms with Gasteiger partial charge in [-0.2, -0.15) is 0 Å². The van der Waals surface area contributed by atoms with Crippen molar-refractivity contribution in [3.63, 3.8) is 0 Å². The Labute approximate surface area is 162 Å². The summed E-state index contributed by atoms with van der Waals surface area (Å²) >= 11 is 0. The summed E-state index contributed by atoms with van der Waals surface area (Å²) in [7, 11) is -8.11. The molecule has 8 nitrogen and oxygen atoms in total. The van der Waals surface area contributed by atoms with Crippen molar-refractivity contribution < 1.29 is 16.8 Å². The predicted octanol–water partition coefficient (Wildman–Crippen LogP) is 1.48. The van der Waals surface area contributed by atoms with Crippen LogP contribution in [0.2, 0.25) is 0 Å². The molecular weight excluding hydrogens is 400 g/mol. The standard InChI is InChI=1S/C18H18N4O4S2/c19-15-9-13(11-5-1-3-7-17(11)27(21,23)24)14(10-16(15)20)12-6-2-4-8-18(12)28(22,25)26/h1-10H,19-20H2,(H2,21,23,24)(H2,22,25,26). The molecule has 146 valence electrons. The average molecular weight is 419 g/mol. The van der Waals surface area contributed by atoms with E-state index in [1.165, 1.54) is 36.4 Å². The SMILES string of the molecule is Nc1cc(-c2ccccc2S(N)(=O)=O)c(-c2ccccc2S(N)(=O)=O)cc1N. The molecule has 0 aliphatic rings. The van der Waals surface area contributed by atoms with E-state index in [4.69, 9.17) is 21.7 Å². The van der Waals surface area contributed by atoms with Crippen LogP contribution in [0.4, 0.5) is 11.4 Å². The normalized spacial score (nSPS) is 12.1. The van der Waals surface area contributed by atoms with Crippen molar-refractivity contribution >= 4 is 31.4 Å². The first-order chi connectivity index (χ1) is 13.0. The molecule has 0 aromatic heterocycles. The molecular formula is C18H18N4O4S2. The lowest BCUT2D eigenvalue weighted by atomic mass is 9.93. The van der Waals surface area contributed by atoms with E-state index in [-0.39, 0.29) is 32.3 Å². The molecule has 8 N–H and O–H groups in total. The van der Waals surface area contributed by atoms with Crippen molar-refractivity contribution in [2.75, 3.05) is 11.5 Å². The largest absolute Gasteiger partial charge is 0.397 e. The number of sulfonamides is 2. The second-order valence-corrected chi connectivity index (χ2v) is 9.17. The fourth-order valence-electron chi connectivity index (χ4n) is 2.95. The summed E-state index contributed by atoms with van der Waals surface area (Å²) in [5.41, 5.74) is 13.5. The highest BCUT2D eigenvalue weighted by atomic mass is 32.2. The number of primary sulfonamides is 2. The molecule has 0 unspecified atom stereocenters. The summed E-state index contributed by atoms with van der Waals surface area (Å²) < 4.78 is 48.2. The maximum Gasteiger partial charge on any atom is 0.238 e. The van der Waals surface area contributed by atoms with Gasteiger partial charge in [0.05, 0.1) is 21.2 Å². The number of rotatable bonds is 4. The lowest BCUT2D eigenvalue weighted by Gasteiger charge is -2.17. The van der Waals surface area contributed by atoms with Crippen LogP contribution in [0.25, 0.3) is 22.3 Å². The summed E-state index contributed by atoms with van der Waals surface area (Å²) in [5, 5.41) is 10.7. The number of nitrogens with two attached hydrogens (primary N) is 4.